The summed E-state index contributed by atoms with van der Waals surface area (Å²) in [4.78, 5) is 3.87. The Morgan fingerprint density at radius 1 is 1.00 bits per heavy atom. The molecule has 0 bridgehead atoms. The average Bonchev–Trinajstić information content (AvgIpc) is 2.57. The first kappa shape index (κ1) is 24.9. The lowest BCUT2D eigenvalue weighted by molar-refractivity contribution is 0.171. The van der Waals surface area contributed by atoms with Gasteiger partial charge in [-0.15, -0.1) is 0 Å². The summed E-state index contributed by atoms with van der Waals surface area (Å²) in [6.45, 7) is 0.694. The van der Waals surface area contributed by atoms with E-state index in [1.54, 1.807) is 21.8 Å². The molecule has 154 valence electrons. The zero-order valence-corrected chi connectivity index (χ0v) is 20.1. The molecule has 2 N–H and O–H groups in total. The van der Waals surface area contributed by atoms with E-state index in [4.69, 9.17) is 10.5 Å². The van der Waals surface area contributed by atoms with Crippen LogP contribution in [0.1, 0.15) is 5.56 Å². The molecule has 0 spiro atoms. The molecule has 0 amide bonds. The molecule has 0 heterocycles. The zero-order chi connectivity index (χ0) is 22.9. The Labute approximate surface area is 188 Å². The van der Waals surface area contributed by atoms with E-state index >= 15 is 0 Å². The van der Waals surface area contributed by atoms with E-state index in [9.17, 15) is 8.78 Å². The molecule has 0 aromatic heterocycles. The summed E-state index contributed by atoms with van der Waals surface area (Å²) in [5, 5.41) is -1.46. The molecule has 0 aliphatic carbocycles. The van der Waals surface area contributed by atoms with E-state index in [0.29, 0.717) is 18.0 Å². The largest absolute Gasteiger partial charge is 0.506 e. The minimum atomic E-state index is -1.42. The minimum Gasteiger partial charge on any atom is -0.506 e. The predicted molar refractivity (Wildman–Crippen MR) is 140 cm³/mol. The van der Waals surface area contributed by atoms with Crippen LogP contribution in [-0.4, -0.2) is 76.9 Å². The number of rotatable bonds is 8. The molecule has 0 fully saturated rings. The van der Waals surface area contributed by atoms with Crippen molar-refractivity contribution in [3.05, 3.63) is 47.8 Å². The highest BCUT2D eigenvalue weighted by Crippen LogP contribution is 2.42. The molecule has 2 aromatic carbocycles. The first-order valence-corrected chi connectivity index (χ1v) is 10.8. The molecule has 0 unspecified atom stereocenters. The van der Waals surface area contributed by atoms with Crippen LogP contribution < -0.4 is 10.5 Å². The third-order valence-electron chi connectivity index (χ3n) is 6.07. The SMILES string of the molecule is BC(B)(F)C(B)(B)C(B)(B)Oc1ccc(Sc2ccc(F)cc2N)c(CN(C)C)c1. The van der Waals surface area contributed by atoms with Gasteiger partial charge in [-0.25, -0.2) is 4.39 Å². The van der Waals surface area contributed by atoms with Crippen molar-refractivity contribution in [1.82, 2.24) is 4.90 Å². The Bertz CT molecular complexity index is 909. The van der Waals surface area contributed by atoms with Crippen LogP contribution in [0.4, 0.5) is 14.5 Å². The molecule has 0 radical (unpaired) electrons. The van der Waals surface area contributed by atoms with Crippen molar-refractivity contribution in [3.8, 4) is 5.75 Å². The van der Waals surface area contributed by atoms with Crippen LogP contribution in [0.15, 0.2) is 46.2 Å². The van der Waals surface area contributed by atoms with E-state index in [1.807, 2.05) is 63.7 Å². The molecular weight excluding hydrogens is 395 g/mol. The van der Waals surface area contributed by atoms with Crippen molar-refractivity contribution < 1.29 is 13.5 Å². The topological polar surface area (TPSA) is 38.5 Å². The van der Waals surface area contributed by atoms with Crippen molar-refractivity contribution >= 4 is 64.5 Å². The van der Waals surface area contributed by atoms with Gasteiger partial charge in [-0.05, 0) is 61.3 Å². The maximum absolute atomic E-state index is 14.9. The second-order valence-corrected chi connectivity index (χ2v) is 10.6. The summed E-state index contributed by atoms with van der Waals surface area (Å²) >= 11 is 1.49. The van der Waals surface area contributed by atoms with Crippen molar-refractivity contribution in [2.45, 2.75) is 32.4 Å². The molecule has 0 aliphatic heterocycles. The van der Waals surface area contributed by atoms with E-state index in [-0.39, 0.29) is 5.82 Å². The van der Waals surface area contributed by atoms with Gasteiger partial charge in [0.2, 0.25) is 0 Å². The molecular formula is C18H28B6F2N2OS. The fourth-order valence-corrected chi connectivity index (χ4v) is 3.99. The summed E-state index contributed by atoms with van der Waals surface area (Å²) in [5.41, 5.74) is 6.03. The standard InChI is InChI=1S/C18H28B6F2N2OS/c1-28(2)9-10-7-12(29-18(23,24)16(19,20)17(21,22)26)4-6-14(10)30-15-5-3-11(25)8-13(15)27/h3-8H,9,19-24,27H2,1-2H3. The third kappa shape index (κ3) is 5.64. The Kier molecular flexibility index (Phi) is 7.45. The Morgan fingerprint density at radius 2 is 1.60 bits per heavy atom. The van der Waals surface area contributed by atoms with Gasteiger partial charge < -0.3 is 15.4 Å². The average molecular weight is 423 g/mol. The van der Waals surface area contributed by atoms with E-state index in [1.165, 1.54) is 23.9 Å². The number of alkyl halides is 1. The van der Waals surface area contributed by atoms with Crippen LogP contribution in [0.3, 0.4) is 0 Å². The molecule has 12 heteroatoms. The fourth-order valence-electron chi connectivity index (χ4n) is 3.05. The lowest BCUT2D eigenvalue weighted by Gasteiger charge is -2.49. The maximum Gasteiger partial charge on any atom is 0.145 e. The van der Waals surface area contributed by atoms with Gasteiger partial charge in [0.05, 0.1) is 0 Å². The van der Waals surface area contributed by atoms with Crippen LogP contribution in [0, 0.1) is 5.82 Å². The molecule has 30 heavy (non-hydrogen) atoms. The molecule has 0 saturated heterocycles. The number of halogens is 2. The summed E-state index contributed by atoms with van der Waals surface area (Å²) < 4.78 is 34.6. The van der Waals surface area contributed by atoms with E-state index < -0.39 is 16.1 Å². The second-order valence-electron chi connectivity index (χ2n) is 9.50. The Morgan fingerprint density at radius 3 is 2.13 bits per heavy atom. The van der Waals surface area contributed by atoms with Gasteiger partial charge in [0.15, 0.2) is 0 Å². The van der Waals surface area contributed by atoms with Crippen molar-refractivity contribution in [2.24, 2.45) is 0 Å². The number of nitrogens with zero attached hydrogens (tertiary/aromatic N) is 1. The number of nitrogens with two attached hydrogens (primary N) is 1. The van der Waals surface area contributed by atoms with Gasteiger partial charge in [-0.3, -0.25) is 4.39 Å². The van der Waals surface area contributed by atoms with Gasteiger partial charge in [0.1, 0.15) is 58.6 Å². The molecule has 3 nitrogen and oxygen atoms in total. The number of hydrogen-bond donors (Lipinski definition) is 1. The van der Waals surface area contributed by atoms with Crippen LogP contribution in [0.25, 0.3) is 0 Å². The molecule has 0 atom stereocenters. The maximum atomic E-state index is 14.9. The first-order valence-electron chi connectivity index (χ1n) is 10.0. The van der Waals surface area contributed by atoms with Gasteiger partial charge in [-0.1, -0.05) is 11.8 Å². The monoisotopic (exact) mass is 424 g/mol. The number of benzene rings is 2. The number of nitrogen functional groups attached to an aromatic ring is 1. The van der Waals surface area contributed by atoms with Crippen LogP contribution in [0.5, 0.6) is 5.75 Å². The first-order chi connectivity index (χ1) is 13.6. The predicted octanol–water partition coefficient (Wildman–Crippen LogP) is -1.81. The summed E-state index contributed by atoms with van der Waals surface area (Å²) in [7, 11) is 14.8. The molecule has 0 aliphatic rings. The molecule has 2 rings (SSSR count). The lowest BCUT2D eigenvalue weighted by atomic mass is 9.25. The third-order valence-corrected chi connectivity index (χ3v) is 7.28. The Hall–Kier alpha value is -1.40. The summed E-state index contributed by atoms with van der Waals surface area (Å²) in [6, 6.07) is 10.3. The number of ether oxygens (including phenoxy) is 1. The Balaban J connectivity index is 2.38. The van der Waals surface area contributed by atoms with Crippen molar-refractivity contribution in [1.29, 1.82) is 0 Å². The quantitative estimate of drug-likeness (QED) is 0.402. The summed E-state index contributed by atoms with van der Waals surface area (Å²) in [6.07, 6.45) is 0. The van der Waals surface area contributed by atoms with Crippen LogP contribution >= 0.6 is 11.8 Å². The van der Waals surface area contributed by atoms with Gasteiger partial charge >= 0.3 is 0 Å². The van der Waals surface area contributed by atoms with Crippen molar-refractivity contribution in [2.75, 3.05) is 19.8 Å². The van der Waals surface area contributed by atoms with Gasteiger partial charge in [-0.2, -0.15) is 0 Å². The highest BCUT2D eigenvalue weighted by molar-refractivity contribution is 7.99. The van der Waals surface area contributed by atoms with Crippen LogP contribution in [-0.2, 0) is 6.54 Å². The highest BCUT2D eigenvalue weighted by atomic mass is 32.2. The second kappa shape index (κ2) is 8.99. The highest BCUT2D eigenvalue weighted by Gasteiger charge is 2.48. The smallest absolute Gasteiger partial charge is 0.145 e. The van der Waals surface area contributed by atoms with Gasteiger partial charge in [0.25, 0.3) is 0 Å². The zero-order valence-electron chi connectivity index (χ0n) is 19.3. The fraction of sp³-hybridized carbons (Fsp3) is 0.333. The minimum absolute atomic E-state index is 0.352. The summed E-state index contributed by atoms with van der Waals surface area (Å²) in [5.74, 6) is 0.334. The van der Waals surface area contributed by atoms with Gasteiger partial charge in [0, 0.05) is 32.9 Å². The van der Waals surface area contributed by atoms with Crippen LogP contribution in [0.2, 0.25) is 5.21 Å². The number of anilines is 1. The van der Waals surface area contributed by atoms with Crippen molar-refractivity contribution in [3.63, 3.8) is 0 Å². The normalized spacial score (nSPS) is 12.8. The van der Waals surface area contributed by atoms with E-state index in [0.717, 1.165) is 15.4 Å². The van der Waals surface area contributed by atoms with E-state index in [2.05, 4.69) is 4.90 Å². The number of hydrogen-bond acceptors (Lipinski definition) is 4. The lowest BCUT2D eigenvalue weighted by Crippen LogP contribution is -2.60. The molecule has 0 saturated carbocycles. The molecule has 2 aromatic rings.